The lowest BCUT2D eigenvalue weighted by molar-refractivity contribution is -0.137. The maximum absolute atomic E-state index is 11.0. The summed E-state index contributed by atoms with van der Waals surface area (Å²) >= 11 is 0. The van der Waals surface area contributed by atoms with Crippen molar-refractivity contribution in [3.63, 3.8) is 0 Å². The normalized spacial score (nSPS) is 11.7. The van der Waals surface area contributed by atoms with Gasteiger partial charge in [0.05, 0.1) is 6.61 Å². The fraction of sp³-hybridized carbons (Fsp3) is 0.562. The molecule has 0 N–H and O–H groups in total. The third-order valence-corrected chi connectivity index (χ3v) is 2.46. The second-order valence-corrected chi connectivity index (χ2v) is 4.60. The first kappa shape index (κ1) is 16.7. The molecule has 0 unspecified atom stereocenters. The van der Waals surface area contributed by atoms with Crippen molar-refractivity contribution in [3.8, 4) is 0 Å². The summed E-state index contributed by atoms with van der Waals surface area (Å²) in [5.74, 6) is -0.248. The number of ether oxygens (including phenoxy) is 1. The minimum absolute atomic E-state index is 0.248. The van der Waals surface area contributed by atoms with Crippen LogP contribution in [-0.4, -0.2) is 12.6 Å². The Labute approximate surface area is 111 Å². The molecule has 102 valence electrons. The van der Waals surface area contributed by atoms with Crippen LogP contribution in [-0.2, 0) is 9.53 Å². The van der Waals surface area contributed by atoms with Crippen LogP contribution in [0.1, 0.15) is 53.4 Å². The first-order valence-corrected chi connectivity index (χ1v) is 6.68. The Morgan fingerprint density at radius 1 is 1.06 bits per heavy atom. The predicted octanol–water partition coefficient (Wildman–Crippen LogP) is 4.58. The molecule has 0 heterocycles. The van der Waals surface area contributed by atoms with Crippen LogP contribution in [0.3, 0.4) is 0 Å². The Morgan fingerprint density at radius 2 is 1.78 bits per heavy atom. The molecule has 0 saturated heterocycles. The molecule has 0 amide bonds. The molecule has 0 aromatic heterocycles. The van der Waals surface area contributed by atoms with Gasteiger partial charge < -0.3 is 4.74 Å². The predicted molar refractivity (Wildman–Crippen MR) is 77.4 cm³/mol. The van der Waals surface area contributed by atoms with E-state index in [2.05, 4.69) is 32.9 Å². The fourth-order valence-electron chi connectivity index (χ4n) is 1.49. The van der Waals surface area contributed by atoms with Crippen LogP contribution in [0.2, 0.25) is 0 Å². The largest absolute Gasteiger partial charge is 0.463 e. The molecule has 0 aliphatic rings. The van der Waals surface area contributed by atoms with Gasteiger partial charge in [-0.15, -0.1) is 0 Å². The maximum atomic E-state index is 11.0. The maximum Gasteiger partial charge on any atom is 0.330 e. The van der Waals surface area contributed by atoms with Crippen molar-refractivity contribution < 1.29 is 9.53 Å². The van der Waals surface area contributed by atoms with Crippen LogP contribution in [0.15, 0.2) is 35.5 Å². The molecule has 0 radical (unpaired) electrons. The summed E-state index contributed by atoms with van der Waals surface area (Å²) in [7, 11) is 0. The Morgan fingerprint density at radius 3 is 2.39 bits per heavy atom. The van der Waals surface area contributed by atoms with Crippen LogP contribution in [0.5, 0.6) is 0 Å². The topological polar surface area (TPSA) is 26.3 Å². The highest BCUT2D eigenvalue weighted by Crippen LogP contribution is 2.08. The van der Waals surface area contributed by atoms with Crippen LogP contribution >= 0.6 is 0 Å². The second kappa shape index (κ2) is 10.8. The number of hydrogen-bond acceptors (Lipinski definition) is 2. The van der Waals surface area contributed by atoms with Crippen molar-refractivity contribution in [2.24, 2.45) is 0 Å². The van der Waals surface area contributed by atoms with E-state index in [0.717, 1.165) is 25.7 Å². The van der Waals surface area contributed by atoms with Crippen molar-refractivity contribution in [2.75, 3.05) is 6.61 Å². The molecule has 0 rings (SSSR count). The van der Waals surface area contributed by atoms with E-state index >= 15 is 0 Å². The highest BCUT2D eigenvalue weighted by Gasteiger charge is 1.92. The molecule has 0 fully saturated rings. The summed E-state index contributed by atoms with van der Waals surface area (Å²) < 4.78 is 4.80. The van der Waals surface area contributed by atoms with E-state index in [0.29, 0.717) is 6.61 Å². The minimum Gasteiger partial charge on any atom is -0.463 e. The van der Waals surface area contributed by atoms with Gasteiger partial charge in [0.15, 0.2) is 0 Å². The molecule has 0 atom stereocenters. The molecular weight excluding hydrogens is 224 g/mol. The lowest BCUT2D eigenvalue weighted by atomic mass is 10.1. The van der Waals surface area contributed by atoms with Gasteiger partial charge >= 0.3 is 5.97 Å². The molecule has 18 heavy (non-hydrogen) atoms. The third-order valence-electron chi connectivity index (χ3n) is 2.46. The van der Waals surface area contributed by atoms with Gasteiger partial charge in [0.1, 0.15) is 0 Å². The van der Waals surface area contributed by atoms with Crippen molar-refractivity contribution in [3.05, 3.63) is 35.5 Å². The van der Waals surface area contributed by atoms with Gasteiger partial charge in [0.2, 0.25) is 0 Å². The summed E-state index contributed by atoms with van der Waals surface area (Å²) in [5, 5.41) is 0. The third kappa shape index (κ3) is 11.2. The lowest BCUT2D eigenvalue weighted by Crippen LogP contribution is -1.98. The van der Waals surface area contributed by atoms with Crippen molar-refractivity contribution in [1.29, 1.82) is 0 Å². The van der Waals surface area contributed by atoms with Gasteiger partial charge in [-0.25, -0.2) is 4.79 Å². The molecular formula is C16H26O2. The molecule has 0 bridgehead atoms. The number of esters is 1. The van der Waals surface area contributed by atoms with Crippen molar-refractivity contribution in [2.45, 2.75) is 53.4 Å². The van der Waals surface area contributed by atoms with Gasteiger partial charge in [0.25, 0.3) is 0 Å². The van der Waals surface area contributed by atoms with E-state index in [1.54, 1.807) is 0 Å². The van der Waals surface area contributed by atoms with Gasteiger partial charge in [-0.3, -0.25) is 0 Å². The highest BCUT2D eigenvalue weighted by molar-refractivity contribution is 5.81. The van der Waals surface area contributed by atoms with Gasteiger partial charge in [-0.1, -0.05) is 29.4 Å². The number of rotatable bonds is 8. The average Bonchev–Trinajstić information content (AvgIpc) is 2.28. The van der Waals surface area contributed by atoms with E-state index in [1.165, 1.54) is 17.2 Å². The Kier molecular flexibility index (Phi) is 10.0. The SMILES string of the molecule is CCOC(=O)/C=C/CC/C=C(\C)CCC=C(C)C. The van der Waals surface area contributed by atoms with Gasteiger partial charge in [-0.05, 0) is 53.4 Å². The summed E-state index contributed by atoms with van der Waals surface area (Å²) in [6.45, 7) is 8.66. The number of hydrogen-bond donors (Lipinski definition) is 0. The lowest BCUT2D eigenvalue weighted by Gasteiger charge is -1.98. The zero-order valence-corrected chi connectivity index (χ0v) is 12.2. The van der Waals surface area contributed by atoms with Crippen LogP contribution in [0.25, 0.3) is 0 Å². The van der Waals surface area contributed by atoms with Crippen LogP contribution in [0.4, 0.5) is 0 Å². The monoisotopic (exact) mass is 250 g/mol. The molecule has 0 aromatic rings. The Hall–Kier alpha value is -1.31. The number of allylic oxidation sites excluding steroid dienone is 5. The molecule has 0 saturated carbocycles. The van der Waals surface area contributed by atoms with Crippen molar-refractivity contribution in [1.82, 2.24) is 0 Å². The fourth-order valence-corrected chi connectivity index (χ4v) is 1.49. The van der Waals surface area contributed by atoms with Gasteiger partial charge in [-0.2, -0.15) is 0 Å². The second-order valence-electron chi connectivity index (χ2n) is 4.60. The number of unbranched alkanes of at least 4 members (excludes halogenated alkanes) is 1. The summed E-state index contributed by atoms with van der Waals surface area (Å²) in [4.78, 5) is 11.0. The Balaban J connectivity index is 3.74. The first-order valence-electron chi connectivity index (χ1n) is 6.68. The standard InChI is InChI=1S/C16H26O2/c1-5-18-16(17)13-8-6-7-11-15(4)12-9-10-14(2)3/h8,10-11,13H,5-7,9,12H2,1-4H3/b13-8+,15-11+. The first-order chi connectivity index (χ1) is 8.56. The molecule has 2 heteroatoms. The van der Waals surface area contributed by atoms with Crippen LogP contribution < -0.4 is 0 Å². The number of carbonyl (C=O) groups is 1. The van der Waals surface area contributed by atoms with Crippen LogP contribution in [0, 0.1) is 0 Å². The molecule has 0 aliphatic heterocycles. The summed E-state index contributed by atoms with van der Waals surface area (Å²) in [6.07, 6.45) is 12.0. The zero-order chi connectivity index (χ0) is 13.8. The van der Waals surface area contributed by atoms with Crippen molar-refractivity contribution >= 4 is 5.97 Å². The zero-order valence-electron chi connectivity index (χ0n) is 12.2. The molecule has 0 spiro atoms. The average molecular weight is 250 g/mol. The molecule has 2 nitrogen and oxygen atoms in total. The Bertz CT molecular complexity index is 318. The van der Waals surface area contributed by atoms with E-state index in [1.807, 2.05) is 13.0 Å². The smallest absolute Gasteiger partial charge is 0.330 e. The highest BCUT2D eigenvalue weighted by atomic mass is 16.5. The van der Waals surface area contributed by atoms with E-state index in [9.17, 15) is 4.79 Å². The van der Waals surface area contributed by atoms with Gasteiger partial charge in [0, 0.05) is 6.08 Å². The minimum atomic E-state index is -0.248. The molecule has 0 aromatic carbocycles. The molecule has 0 aliphatic carbocycles. The van der Waals surface area contributed by atoms with E-state index in [-0.39, 0.29) is 5.97 Å². The number of carbonyl (C=O) groups excluding carboxylic acids is 1. The summed E-state index contributed by atoms with van der Waals surface area (Å²) in [5.41, 5.74) is 2.79. The van der Waals surface area contributed by atoms with E-state index in [4.69, 9.17) is 4.74 Å². The quantitative estimate of drug-likeness (QED) is 0.273. The summed E-state index contributed by atoms with van der Waals surface area (Å²) in [6, 6.07) is 0. The van der Waals surface area contributed by atoms with E-state index < -0.39 is 0 Å².